The van der Waals surface area contributed by atoms with Crippen LogP contribution in [0.4, 0.5) is 0 Å². The number of rotatable bonds is 27. The Hall–Kier alpha value is 0.499. The van der Waals surface area contributed by atoms with E-state index >= 15 is 0 Å². The zero-order valence-electron chi connectivity index (χ0n) is 26.3. The van der Waals surface area contributed by atoms with Crippen molar-refractivity contribution in [1.82, 2.24) is 0 Å². The zero-order valence-corrected chi connectivity index (χ0v) is 30.0. The molecule has 0 N–H and O–H groups in total. The topological polar surface area (TPSA) is 0 Å². The van der Waals surface area contributed by atoms with Crippen LogP contribution in [0, 0.1) is 5.92 Å². The third-order valence-corrected chi connectivity index (χ3v) is 18.9. The first-order valence-corrected chi connectivity index (χ1v) is 27.9. The Kier molecular flexibility index (Phi) is 23.3. The van der Waals surface area contributed by atoms with Gasteiger partial charge in [-0.05, 0) is 0 Å². The summed E-state index contributed by atoms with van der Waals surface area (Å²) in [6.07, 6.45) is 36.4. The summed E-state index contributed by atoms with van der Waals surface area (Å²) in [5.74, 6) is 0.926. The molecule has 0 aromatic carbocycles. The first-order chi connectivity index (χ1) is 18.0. The second-order valence-electron chi connectivity index (χ2n) is 13.3. The first kappa shape index (κ1) is 35.5. The van der Waals surface area contributed by atoms with Crippen molar-refractivity contribution in [3.63, 3.8) is 0 Å². The van der Waals surface area contributed by atoms with E-state index in [-0.39, 0.29) is 0 Å². The van der Waals surface area contributed by atoms with E-state index in [1.165, 1.54) is 161 Å². The molecule has 0 saturated heterocycles. The molecule has 2 heteroatoms. The molecule has 1 heterocycles. The molecule has 1 aromatic rings. The van der Waals surface area contributed by atoms with Crippen LogP contribution in [-0.2, 0) is 6.42 Å². The van der Waals surface area contributed by atoms with Crippen molar-refractivity contribution in [3.8, 4) is 0 Å². The van der Waals surface area contributed by atoms with Crippen LogP contribution >= 0.6 is 11.3 Å². The molecule has 0 aliphatic heterocycles. The monoisotopic (exact) mass is 640 g/mol. The van der Waals surface area contributed by atoms with Gasteiger partial charge in [-0.3, -0.25) is 0 Å². The fourth-order valence-electron chi connectivity index (χ4n) is 5.75. The standard InChI is InChI=1S/C32H59S.3CH3.Sn/c1-3-5-7-9-11-13-15-16-18-20-22-24-26-31(29-32-27-28-33-30-32)25-23-21-19-17-14-12-10-8-6-4-2;;;;/h27,30-31H,3-26,29H2,1-2H3;3*1H3;. The van der Waals surface area contributed by atoms with Gasteiger partial charge < -0.3 is 0 Å². The summed E-state index contributed by atoms with van der Waals surface area (Å²) in [5, 5.41) is 2.52. The molecule has 0 amide bonds. The average molecular weight is 640 g/mol. The molecule has 0 bridgehead atoms. The molecule has 0 radical (unpaired) electrons. The van der Waals surface area contributed by atoms with Crippen molar-refractivity contribution in [2.45, 2.75) is 189 Å². The number of hydrogen-bond acceptors (Lipinski definition) is 1. The minimum absolute atomic E-state index is 0.926. The van der Waals surface area contributed by atoms with Crippen LogP contribution in [0.2, 0.25) is 14.8 Å². The SMILES string of the molecule is CCCCCCCCCCCCCCC(CCCCCCCCCCCC)Cc1cs[c]([Sn]([CH3])([CH3])[CH3])c1. The Bertz CT molecular complexity index is 599. The van der Waals surface area contributed by atoms with E-state index in [4.69, 9.17) is 0 Å². The van der Waals surface area contributed by atoms with Crippen LogP contribution in [-0.4, -0.2) is 18.4 Å². The van der Waals surface area contributed by atoms with E-state index in [2.05, 4.69) is 51.4 Å². The van der Waals surface area contributed by atoms with Gasteiger partial charge in [0.05, 0.1) is 0 Å². The molecule has 0 aliphatic carbocycles. The van der Waals surface area contributed by atoms with Gasteiger partial charge in [-0.25, -0.2) is 0 Å². The predicted octanol–water partition coefficient (Wildman–Crippen LogP) is 12.9. The van der Waals surface area contributed by atoms with E-state index in [1.807, 2.05) is 0 Å². The van der Waals surface area contributed by atoms with E-state index < -0.39 is 18.4 Å². The Morgan fingerprint density at radius 1 is 0.541 bits per heavy atom. The summed E-state index contributed by atoms with van der Waals surface area (Å²) in [7, 11) is 0. The normalized spacial score (nSPS) is 12.9. The summed E-state index contributed by atoms with van der Waals surface area (Å²) in [4.78, 5) is 7.70. The molecule has 1 unspecified atom stereocenters. The Balaban J connectivity index is 2.24. The molecular weight excluding hydrogens is 571 g/mol. The molecule has 1 atom stereocenters. The maximum absolute atomic E-state index is 2.62. The number of hydrogen-bond donors (Lipinski definition) is 0. The second kappa shape index (κ2) is 24.3. The second-order valence-corrected chi connectivity index (χ2v) is 29.6. The van der Waals surface area contributed by atoms with Crippen LogP contribution in [0.1, 0.15) is 174 Å². The van der Waals surface area contributed by atoms with Gasteiger partial charge in [0.2, 0.25) is 0 Å². The van der Waals surface area contributed by atoms with Gasteiger partial charge in [-0.1, -0.05) is 78.1 Å². The summed E-state index contributed by atoms with van der Waals surface area (Å²) in [5.41, 5.74) is 1.67. The van der Waals surface area contributed by atoms with Gasteiger partial charge in [0.1, 0.15) is 0 Å². The Morgan fingerprint density at radius 3 is 1.22 bits per heavy atom. The van der Waals surface area contributed by atoms with Crippen LogP contribution in [0.15, 0.2) is 11.4 Å². The molecule has 1 aromatic heterocycles. The van der Waals surface area contributed by atoms with Crippen molar-refractivity contribution < 1.29 is 0 Å². The molecule has 0 nitrogen and oxygen atoms in total. The fraction of sp³-hybridized carbons (Fsp3) is 0.886. The Morgan fingerprint density at radius 2 is 0.892 bits per heavy atom. The molecule has 218 valence electrons. The van der Waals surface area contributed by atoms with E-state index in [0.29, 0.717) is 0 Å². The van der Waals surface area contributed by atoms with Gasteiger partial charge in [0.25, 0.3) is 0 Å². The average Bonchev–Trinajstić information content (AvgIpc) is 3.35. The molecule has 37 heavy (non-hydrogen) atoms. The number of thiophene rings is 1. The predicted molar refractivity (Wildman–Crippen MR) is 177 cm³/mol. The van der Waals surface area contributed by atoms with Gasteiger partial charge in [0.15, 0.2) is 0 Å². The van der Waals surface area contributed by atoms with Crippen LogP contribution in [0.25, 0.3) is 0 Å². The third-order valence-electron chi connectivity index (χ3n) is 8.35. The van der Waals surface area contributed by atoms with Crippen LogP contribution in [0.3, 0.4) is 0 Å². The van der Waals surface area contributed by atoms with Crippen molar-refractivity contribution >= 4 is 32.6 Å². The molecular formula is C35H68SSn. The van der Waals surface area contributed by atoms with Gasteiger partial charge >= 0.3 is 167 Å². The maximum atomic E-state index is 2.62. The van der Waals surface area contributed by atoms with Crippen LogP contribution in [0.5, 0.6) is 0 Å². The fourth-order valence-corrected chi connectivity index (χ4v) is 12.1. The molecule has 0 saturated carbocycles. The van der Waals surface area contributed by atoms with E-state index in [0.717, 1.165) is 5.92 Å². The summed E-state index contributed by atoms with van der Waals surface area (Å²) in [6.45, 7) is 4.63. The third kappa shape index (κ3) is 21.0. The van der Waals surface area contributed by atoms with Gasteiger partial charge in [0, 0.05) is 0 Å². The van der Waals surface area contributed by atoms with E-state index in [1.54, 1.807) is 8.46 Å². The summed E-state index contributed by atoms with van der Waals surface area (Å²) < 4.78 is 1.77. The first-order valence-electron chi connectivity index (χ1n) is 17.0. The van der Waals surface area contributed by atoms with E-state index in [9.17, 15) is 0 Å². The van der Waals surface area contributed by atoms with Gasteiger partial charge in [-0.15, -0.1) is 0 Å². The van der Waals surface area contributed by atoms with Crippen molar-refractivity contribution in [2.75, 3.05) is 0 Å². The van der Waals surface area contributed by atoms with Crippen molar-refractivity contribution in [2.24, 2.45) is 5.92 Å². The van der Waals surface area contributed by atoms with Crippen molar-refractivity contribution in [1.29, 1.82) is 0 Å². The summed E-state index contributed by atoms with van der Waals surface area (Å²) in [6, 6.07) is 2.62. The minimum atomic E-state index is -1.90. The quantitative estimate of drug-likeness (QED) is 0.0664. The Labute approximate surface area is 243 Å². The molecule has 0 spiro atoms. The van der Waals surface area contributed by atoms with Crippen molar-refractivity contribution in [3.05, 3.63) is 17.0 Å². The molecule has 0 aliphatic rings. The van der Waals surface area contributed by atoms with Crippen LogP contribution < -0.4 is 2.89 Å². The molecule has 0 fully saturated rings. The molecule has 1 rings (SSSR count). The van der Waals surface area contributed by atoms with Gasteiger partial charge in [-0.2, -0.15) is 0 Å². The zero-order chi connectivity index (χ0) is 27.0. The summed E-state index contributed by atoms with van der Waals surface area (Å²) >= 11 is 0.179. The number of unbranched alkanes of at least 4 members (excludes halogenated alkanes) is 20.